The number of nitrogens with one attached hydrogen (secondary N) is 2. The number of hydrogen-bond acceptors (Lipinski definition) is 3. The molecule has 2 fully saturated rings. The molecule has 7 heteroatoms. The van der Waals surface area contributed by atoms with Gasteiger partial charge in [0, 0.05) is 37.2 Å². The summed E-state index contributed by atoms with van der Waals surface area (Å²) >= 11 is 6.15. The molecule has 0 bridgehead atoms. The number of nitrogens with zero attached hydrogens (tertiary/aromatic N) is 2. The average Bonchev–Trinajstić information content (AvgIpc) is 3.05. The lowest BCUT2D eigenvalue weighted by Gasteiger charge is -2.22. The molecule has 1 saturated carbocycles. The number of rotatable bonds is 4. The van der Waals surface area contributed by atoms with Crippen molar-refractivity contribution in [3.63, 3.8) is 0 Å². The van der Waals surface area contributed by atoms with Crippen LogP contribution in [0.2, 0.25) is 5.02 Å². The van der Waals surface area contributed by atoms with Gasteiger partial charge in [0.15, 0.2) is 5.96 Å². The van der Waals surface area contributed by atoms with E-state index < -0.39 is 0 Å². The fourth-order valence-electron chi connectivity index (χ4n) is 3.07. The molecule has 3 atom stereocenters. The van der Waals surface area contributed by atoms with E-state index in [0.717, 1.165) is 47.8 Å². The van der Waals surface area contributed by atoms with Gasteiger partial charge < -0.3 is 20.3 Å². The third kappa shape index (κ3) is 4.59. The molecule has 0 radical (unpaired) electrons. The zero-order chi connectivity index (χ0) is 16.4. The maximum atomic E-state index is 6.15. The second-order valence-corrected chi connectivity index (χ2v) is 6.86. The molecule has 5 nitrogen and oxygen atoms in total. The van der Waals surface area contributed by atoms with Gasteiger partial charge in [0.25, 0.3) is 0 Å². The first-order chi connectivity index (χ1) is 11.1. The predicted octanol–water partition coefficient (Wildman–Crippen LogP) is 3.12. The van der Waals surface area contributed by atoms with Crippen molar-refractivity contribution >= 4 is 47.2 Å². The van der Waals surface area contributed by atoms with Crippen LogP contribution in [-0.2, 0) is 0 Å². The van der Waals surface area contributed by atoms with E-state index in [2.05, 4.69) is 27.4 Å². The Hall–Kier alpha value is -0.890. The number of ether oxygens (including phenoxy) is 1. The maximum Gasteiger partial charge on any atom is 0.191 e. The molecular formula is C17H26ClIN4O. The van der Waals surface area contributed by atoms with Gasteiger partial charge in [-0.1, -0.05) is 18.5 Å². The first-order valence-corrected chi connectivity index (χ1v) is 8.57. The van der Waals surface area contributed by atoms with E-state index in [1.807, 2.05) is 25.2 Å². The molecule has 2 aliphatic rings. The van der Waals surface area contributed by atoms with E-state index >= 15 is 0 Å². The Morgan fingerprint density at radius 2 is 2.12 bits per heavy atom. The van der Waals surface area contributed by atoms with E-state index in [1.54, 1.807) is 7.11 Å². The molecule has 134 valence electrons. The van der Waals surface area contributed by atoms with Gasteiger partial charge in [-0.2, -0.15) is 0 Å². The van der Waals surface area contributed by atoms with Crippen LogP contribution in [-0.4, -0.2) is 45.3 Å². The number of guanidine groups is 1. The van der Waals surface area contributed by atoms with Crippen molar-refractivity contribution < 1.29 is 4.74 Å². The van der Waals surface area contributed by atoms with Gasteiger partial charge in [-0.15, -0.1) is 24.0 Å². The monoisotopic (exact) mass is 464 g/mol. The Balaban J connectivity index is 0.00000208. The van der Waals surface area contributed by atoms with Crippen LogP contribution in [0.4, 0.5) is 5.69 Å². The average molecular weight is 465 g/mol. The third-order valence-corrected chi connectivity index (χ3v) is 4.90. The highest BCUT2D eigenvalue weighted by Gasteiger charge is 2.34. The summed E-state index contributed by atoms with van der Waals surface area (Å²) in [5.74, 6) is 2.53. The molecule has 1 aromatic rings. The first-order valence-electron chi connectivity index (χ1n) is 8.19. The number of hydrogen-bond donors (Lipinski definition) is 2. The summed E-state index contributed by atoms with van der Waals surface area (Å²) in [4.78, 5) is 6.66. The highest BCUT2D eigenvalue weighted by Crippen LogP contribution is 2.33. The Morgan fingerprint density at radius 3 is 2.75 bits per heavy atom. The van der Waals surface area contributed by atoms with Crippen LogP contribution >= 0.6 is 35.6 Å². The van der Waals surface area contributed by atoms with Crippen LogP contribution in [0.1, 0.15) is 19.8 Å². The summed E-state index contributed by atoms with van der Waals surface area (Å²) in [5, 5.41) is 7.74. The van der Waals surface area contributed by atoms with Crippen molar-refractivity contribution in [1.82, 2.24) is 10.6 Å². The molecule has 2 N–H and O–H groups in total. The molecule has 3 rings (SSSR count). The number of methoxy groups -OCH3 is 1. The van der Waals surface area contributed by atoms with E-state index in [1.165, 1.54) is 6.42 Å². The molecule has 0 spiro atoms. The molecule has 1 aliphatic heterocycles. The maximum absolute atomic E-state index is 6.15. The predicted molar refractivity (Wildman–Crippen MR) is 111 cm³/mol. The highest BCUT2D eigenvalue weighted by atomic mass is 127. The van der Waals surface area contributed by atoms with Crippen LogP contribution in [0.3, 0.4) is 0 Å². The summed E-state index contributed by atoms with van der Waals surface area (Å²) < 4.78 is 5.47. The lowest BCUT2D eigenvalue weighted by molar-refractivity contribution is 0.415. The topological polar surface area (TPSA) is 48.9 Å². The van der Waals surface area contributed by atoms with E-state index in [9.17, 15) is 0 Å². The molecule has 1 saturated heterocycles. The Labute approximate surface area is 166 Å². The summed E-state index contributed by atoms with van der Waals surface area (Å²) in [6.07, 6.45) is 2.30. The van der Waals surface area contributed by atoms with Crippen molar-refractivity contribution in [2.24, 2.45) is 10.9 Å². The summed E-state index contributed by atoms with van der Waals surface area (Å²) in [6, 6.07) is 6.71. The van der Waals surface area contributed by atoms with E-state index in [4.69, 9.17) is 16.3 Å². The van der Waals surface area contributed by atoms with E-state index in [0.29, 0.717) is 12.1 Å². The minimum absolute atomic E-state index is 0. The number of anilines is 1. The van der Waals surface area contributed by atoms with Crippen LogP contribution in [0.25, 0.3) is 0 Å². The largest absolute Gasteiger partial charge is 0.495 e. The normalized spacial score (nSPS) is 25.9. The standard InChI is InChI=1S/C17H25ClN4O.HI/c1-11-8-14(11)21-17(19-2)20-13-6-7-22(10-13)15-9-12(18)4-5-16(15)23-3;/h4-5,9,11,13-14H,6-8,10H2,1-3H3,(H2,19,20,21);1H. The zero-order valence-electron chi connectivity index (χ0n) is 14.4. The van der Waals surface area contributed by atoms with E-state index in [-0.39, 0.29) is 24.0 Å². The Bertz CT molecular complexity index is 598. The SMILES string of the molecule is CN=C(NC1CCN(c2cc(Cl)ccc2OC)C1)NC1CC1C.I. The van der Waals surface area contributed by atoms with Gasteiger partial charge in [0.2, 0.25) is 0 Å². The molecule has 1 aromatic carbocycles. The number of halogens is 2. The number of benzene rings is 1. The molecule has 0 aromatic heterocycles. The molecule has 1 aliphatic carbocycles. The summed E-state index contributed by atoms with van der Waals surface area (Å²) in [6.45, 7) is 4.15. The second kappa shape index (κ2) is 8.47. The minimum atomic E-state index is 0. The molecule has 0 amide bonds. The zero-order valence-corrected chi connectivity index (χ0v) is 17.5. The van der Waals surface area contributed by atoms with Gasteiger partial charge in [0.1, 0.15) is 5.75 Å². The summed E-state index contributed by atoms with van der Waals surface area (Å²) in [7, 11) is 3.52. The smallest absolute Gasteiger partial charge is 0.191 e. The fourth-order valence-corrected chi connectivity index (χ4v) is 3.24. The molecule has 1 heterocycles. The second-order valence-electron chi connectivity index (χ2n) is 6.43. The Morgan fingerprint density at radius 1 is 1.38 bits per heavy atom. The van der Waals surface area contributed by atoms with Gasteiger partial charge in [-0.25, -0.2) is 0 Å². The minimum Gasteiger partial charge on any atom is -0.495 e. The molecular weight excluding hydrogens is 439 g/mol. The summed E-state index contributed by atoms with van der Waals surface area (Å²) in [5.41, 5.74) is 1.06. The lowest BCUT2D eigenvalue weighted by atomic mass is 10.2. The number of aliphatic imine (C=N–C) groups is 1. The quantitative estimate of drug-likeness (QED) is 0.408. The van der Waals surface area contributed by atoms with Gasteiger partial charge in [0.05, 0.1) is 12.8 Å². The first kappa shape index (κ1) is 19.4. The van der Waals surface area contributed by atoms with Crippen LogP contribution in [0.15, 0.2) is 23.2 Å². The molecule has 24 heavy (non-hydrogen) atoms. The Kier molecular flexibility index (Phi) is 6.86. The van der Waals surface area contributed by atoms with Crippen molar-refractivity contribution in [3.05, 3.63) is 23.2 Å². The highest BCUT2D eigenvalue weighted by molar-refractivity contribution is 14.0. The van der Waals surface area contributed by atoms with Crippen molar-refractivity contribution in [2.45, 2.75) is 31.8 Å². The van der Waals surface area contributed by atoms with Crippen LogP contribution in [0, 0.1) is 5.92 Å². The lowest BCUT2D eigenvalue weighted by Crippen LogP contribution is -2.45. The fraction of sp³-hybridized carbons (Fsp3) is 0.588. The van der Waals surface area contributed by atoms with Gasteiger partial charge in [-0.3, -0.25) is 4.99 Å². The third-order valence-electron chi connectivity index (χ3n) is 4.67. The van der Waals surface area contributed by atoms with Gasteiger partial charge >= 0.3 is 0 Å². The van der Waals surface area contributed by atoms with Crippen molar-refractivity contribution in [3.8, 4) is 5.75 Å². The van der Waals surface area contributed by atoms with Crippen LogP contribution < -0.4 is 20.3 Å². The van der Waals surface area contributed by atoms with Gasteiger partial charge in [-0.05, 0) is 37.0 Å². The van der Waals surface area contributed by atoms with Crippen molar-refractivity contribution in [1.29, 1.82) is 0 Å². The van der Waals surface area contributed by atoms with Crippen LogP contribution in [0.5, 0.6) is 5.75 Å². The molecule has 3 unspecified atom stereocenters. The van der Waals surface area contributed by atoms with Crippen molar-refractivity contribution in [2.75, 3.05) is 32.1 Å².